The summed E-state index contributed by atoms with van der Waals surface area (Å²) < 4.78 is 5.43. The number of aromatic nitrogens is 1. The fraction of sp³-hybridized carbons (Fsp3) is 0.353. The maximum Gasteiger partial charge on any atom is 0.123 e. The van der Waals surface area contributed by atoms with E-state index in [-0.39, 0.29) is 0 Å². The van der Waals surface area contributed by atoms with Crippen LogP contribution in [0.3, 0.4) is 0 Å². The standard InChI is InChI=1S/C17H22N2O/c1-3-8-18-13-16-11-14(6-7-17(16)20-2)10-15-5-4-9-19-12-15/h4-7,9,11-12,18H,3,8,10,13H2,1-2H3. The number of hydrogen-bond donors (Lipinski definition) is 1. The Morgan fingerprint density at radius 3 is 2.80 bits per heavy atom. The van der Waals surface area contributed by atoms with Gasteiger partial charge in [0, 0.05) is 24.5 Å². The lowest BCUT2D eigenvalue weighted by Crippen LogP contribution is -2.14. The van der Waals surface area contributed by atoms with Crippen LogP contribution in [-0.4, -0.2) is 18.6 Å². The molecule has 0 amide bonds. The van der Waals surface area contributed by atoms with Gasteiger partial charge in [0.25, 0.3) is 0 Å². The minimum Gasteiger partial charge on any atom is -0.496 e. The van der Waals surface area contributed by atoms with Crippen LogP contribution in [0.15, 0.2) is 42.7 Å². The Bertz CT molecular complexity index is 526. The average molecular weight is 270 g/mol. The largest absolute Gasteiger partial charge is 0.496 e. The molecule has 0 aliphatic rings. The third kappa shape index (κ3) is 4.07. The minimum absolute atomic E-state index is 0.845. The van der Waals surface area contributed by atoms with Crippen molar-refractivity contribution < 1.29 is 4.74 Å². The Hall–Kier alpha value is -1.87. The fourth-order valence-corrected chi connectivity index (χ4v) is 2.22. The highest BCUT2D eigenvalue weighted by atomic mass is 16.5. The molecule has 0 spiro atoms. The minimum atomic E-state index is 0.845. The van der Waals surface area contributed by atoms with Gasteiger partial charge in [0.05, 0.1) is 7.11 Å². The summed E-state index contributed by atoms with van der Waals surface area (Å²) in [5.41, 5.74) is 3.72. The number of pyridine rings is 1. The number of nitrogens with zero attached hydrogens (tertiary/aromatic N) is 1. The summed E-state index contributed by atoms with van der Waals surface area (Å²) in [6, 6.07) is 10.5. The zero-order valence-corrected chi connectivity index (χ0v) is 12.2. The van der Waals surface area contributed by atoms with E-state index < -0.39 is 0 Å². The van der Waals surface area contributed by atoms with Crippen molar-refractivity contribution in [1.82, 2.24) is 10.3 Å². The summed E-state index contributed by atoms with van der Waals surface area (Å²) in [4.78, 5) is 4.16. The van der Waals surface area contributed by atoms with Crippen molar-refractivity contribution in [2.75, 3.05) is 13.7 Å². The molecule has 0 aliphatic heterocycles. The van der Waals surface area contributed by atoms with E-state index in [0.29, 0.717) is 0 Å². The molecular formula is C17H22N2O. The maximum atomic E-state index is 5.43. The second kappa shape index (κ2) is 7.65. The van der Waals surface area contributed by atoms with Crippen LogP contribution >= 0.6 is 0 Å². The molecule has 0 unspecified atom stereocenters. The lowest BCUT2D eigenvalue weighted by molar-refractivity contribution is 0.407. The van der Waals surface area contributed by atoms with Crippen molar-refractivity contribution in [3.05, 3.63) is 59.4 Å². The number of hydrogen-bond acceptors (Lipinski definition) is 3. The summed E-state index contributed by atoms with van der Waals surface area (Å²) in [6.07, 6.45) is 5.76. The van der Waals surface area contributed by atoms with Crippen LogP contribution < -0.4 is 10.1 Å². The number of methoxy groups -OCH3 is 1. The van der Waals surface area contributed by atoms with Gasteiger partial charge in [-0.1, -0.05) is 25.1 Å². The zero-order valence-electron chi connectivity index (χ0n) is 12.2. The summed E-state index contributed by atoms with van der Waals surface area (Å²) in [5.74, 6) is 0.948. The lowest BCUT2D eigenvalue weighted by Gasteiger charge is -2.11. The predicted molar refractivity (Wildman–Crippen MR) is 82.0 cm³/mol. The molecule has 0 fully saturated rings. The zero-order chi connectivity index (χ0) is 14.2. The molecule has 1 N–H and O–H groups in total. The van der Waals surface area contributed by atoms with E-state index in [0.717, 1.165) is 31.7 Å². The van der Waals surface area contributed by atoms with Gasteiger partial charge in [-0.15, -0.1) is 0 Å². The van der Waals surface area contributed by atoms with E-state index in [1.54, 1.807) is 13.3 Å². The van der Waals surface area contributed by atoms with Crippen molar-refractivity contribution in [2.24, 2.45) is 0 Å². The molecule has 3 heteroatoms. The van der Waals surface area contributed by atoms with Gasteiger partial charge >= 0.3 is 0 Å². The third-order valence-corrected chi connectivity index (χ3v) is 3.22. The summed E-state index contributed by atoms with van der Waals surface area (Å²) in [5, 5.41) is 3.42. The second-order valence-corrected chi connectivity index (χ2v) is 4.86. The first-order valence-corrected chi connectivity index (χ1v) is 7.09. The molecule has 2 rings (SSSR count). The number of ether oxygens (including phenoxy) is 1. The van der Waals surface area contributed by atoms with E-state index in [4.69, 9.17) is 4.74 Å². The van der Waals surface area contributed by atoms with Gasteiger partial charge in [0.1, 0.15) is 5.75 Å². The summed E-state index contributed by atoms with van der Waals surface area (Å²) >= 11 is 0. The molecule has 3 nitrogen and oxygen atoms in total. The Kier molecular flexibility index (Phi) is 5.56. The first kappa shape index (κ1) is 14.5. The maximum absolute atomic E-state index is 5.43. The molecule has 20 heavy (non-hydrogen) atoms. The Morgan fingerprint density at radius 1 is 1.20 bits per heavy atom. The first-order chi connectivity index (χ1) is 9.83. The molecule has 2 aromatic rings. The van der Waals surface area contributed by atoms with Crippen LogP contribution in [0.4, 0.5) is 0 Å². The van der Waals surface area contributed by atoms with Gasteiger partial charge in [0.2, 0.25) is 0 Å². The van der Waals surface area contributed by atoms with Crippen molar-refractivity contribution >= 4 is 0 Å². The highest BCUT2D eigenvalue weighted by Gasteiger charge is 2.05. The highest BCUT2D eigenvalue weighted by Crippen LogP contribution is 2.21. The van der Waals surface area contributed by atoms with Crippen LogP contribution in [-0.2, 0) is 13.0 Å². The van der Waals surface area contributed by atoms with Crippen molar-refractivity contribution in [3.63, 3.8) is 0 Å². The van der Waals surface area contributed by atoms with E-state index in [2.05, 4.69) is 41.5 Å². The van der Waals surface area contributed by atoms with Gasteiger partial charge in [-0.3, -0.25) is 4.98 Å². The molecule has 0 saturated heterocycles. The number of rotatable bonds is 7. The van der Waals surface area contributed by atoms with E-state index >= 15 is 0 Å². The van der Waals surface area contributed by atoms with Crippen LogP contribution in [0.2, 0.25) is 0 Å². The number of benzene rings is 1. The van der Waals surface area contributed by atoms with Crippen LogP contribution in [0, 0.1) is 0 Å². The van der Waals surface area contributed by atoms with E-state index in [9.17, 15) is 0 Å². The Morgan fingerprint density at radius 2 is 2.10 bits per heavy atom. The van der Waals surface area contributed by atoms with Crippen molar-refractivity contribution in [3.8, 4) is 5.75 Å². The van der Waals surface area contributed by atoms with Gasteiger partial charge in [0.15, 0.2) is 0 Å². The quantitative estimate of drug-likeness (QED) is 0.785. The Balaban J connectivity index is 2.12. The molecular weight excluding hydrogens is 248 g/mol. The van der Waals surface area contributed by atoms with Crippen LogP contribution in [0.5, 0.6) is 5.75 Å². The normalized spacial score (nSPS) is 10.5. The van der Waals surface area contributed by atoms with Gasteiger partial charge in [-0.2, -0.15) is 0 Å². The molecule has 0 atom stereocenters. The molecule has 0 saturated carbocycles. The smallest absolute Gasteiger partial charge is 0.123 e. The summed E-state index contributed by atoms with van der Waals surface area (Å²) in [6.45, 7) is 4.04. The second-order valence-electron chi connectivity index (χ2n) is 4.86. The van der Waals surface area contributed by atoms with Gasteiger partial charge in [-0.05, 0) is 42.6 Å². The first-order valence-electron chi connectivity index (χ1n) is 7.09. The van der Waals surface area contributed by atoms with Crippen molar-refractivity contribution in [1.29, 1.82) is 0 Å². The summed E-state index contributed by atoms with van der Waals surface area (Å²) in [7, 11) is 1.72. The van der Waals surface area contributed by atoms with E-state index in [1.165, 1.54) is 16.7 Å². The van der Waals surface area contributed by atoms with Crippen LogP contribution in [0.1, 0.15) is 30.0 Å². The van der Waals surface area contributed by atoms with Gasteiger partial charge in [-0.25, -0.2) is 0 Å². The van der Waals surface area contributed by atoms with E-state index in [1.807, 2.05) is 12.3 Å². The SMILES string of the molecule is CCCNCc1cc(Cc2cccnc2)ccc1OC. The molecule has 0 aliphatic carbocycles. The van der Waals surface area contributed by atoms with Gasteiger partial charge < -0.3 is 10.1 Å². The topological polar surface area (TPSA) is 34.2 Å². The Labute approximate surface area is 121 Å². The lowest BCUT2D eigenvalue weighted by atomic mass is 10.0. The van der Waals surface area contributed by atoms with Crippen LogP contribution in [0.25, 0.3) is 0 Å². The number of nitrogens with one attached hydrogen (secondary N) is 1. The molecule has 1 aromatic heterocycles. The third-order valence-electron chi connectivity index (χ3n) is 3.22. The monoisotopic (exact) mass is 270 g/mol. The molecule has 106 valence electrons. The molecule has 0 radical (unpaired) electrons. The molecule has 0 bridgehead atoms. The van der Waals surface area contributed by atoms with Crippen molar-refractivity contribution in [2.45, 2.75) is 26.3 Å². The highest BCUT2D eigenvalue weighted by molar-refractivity contribution is 5.39. The molecule has 1 heterocycles. The fourth-order valence-electron chi connectivity index (χ4n) is 2.22. The molecule has 1 aromatic carbocycles. The average Bonchev–Trinajstić information content (AvgIpc) is 2.49. The predicted octanol–water partition coefficient (Wildman–Crippen LogP) is 3.18.